The Hall–Kier alpha value is -2.63. The molecular formula is C15H16N4O2. The number of anilines is 2. The van der Waals surface area contributed by atoms with Crippen LogP contribution in [0.25, 0.3) is 0 Å². The van der Waals surface area contributed by atoms with Crippen molar-refractivity contribution in [3.05, 3.63) is 41.9 Å². The highest BCUT2D eigenvalue weighted by atomic mass is 16.5. The van der Waals surface area contributed by atoms with Crippen molar-refractivity contribution in [3.8, 4) is 5.75 Å². The molecular weight excluding hydrogens is 268 g/mol. The number of aryl methyl sites for hydroxylation is 1. The Morgan fingerprint density at radius 1 is 1.33 bits per heavy atom. The monoisotopic (exact) mass is 284 g/mol. The van der Waals surface area contributed by atoms with E-state index in [4.69, 9.17) is 4.74 Å². The third kappa shape index (κ3) is 2.65. The molecule has 0 bridgehead atoms. The number of amides is 1. The normalized spacial score (nSPS) is 13.6. The maximum atomic E-state index is 12.1. The lowest BCUT2D eigenvalue weighted by atomic mass is 10.2. The number of para-hydroxylation sites is 2. The lowest BCUT2D eigenvalue weighted by Crippen LogP contribution is -2.38. The van der Waals surface area contributed by atoms with Gasteiger partial charge in [-0.05, 0) is 19.1 Å². The first-order valence-electron chi connectivity index (χ1n) is 6.72. The van der Waals surface area contributed by atoms with Crippen LogP contribution in [0.3, 0.4) is 0 Å². The van der Waals surface area contributed by atoms with Gasteiger partial charge in [-0.2, -0.15) is 0 Å². The van der Waals surface area contributed by atoms with Gasteiger partial charge in [-0.3, -0.25) is 9.69 Å². The fourth-order valence-electron chi connectivity index (χ4n) is 2.30. The van der Waals surface area contributed by atoms with E-state index in [9.17, 15) is 4.79 Å². The van der Waals surface area contributed by atoms with E-state index in [0.717, 1.165) is 17.2 Å². The minimum Gasteiger partial charge on any atom is -0.482 e. The lowest BCUT2D eigenvalue weighted by molar-refractivity contribution is -0.121. The highest BCUT2D eigenvalue weighted by Gasteiger charge is 2.26. The summed E-state index contributed by atoms with van der Waals surface area (Å²) in [5.74, 6) is 1.96. The Morgan fingerprint density at radius 2 is 2.14 bits per heavy atom. The highest BCUT2D eigenvalue weighted by molar-refractivity contribution is 5.97. The minimum atomic E-state index is -0.0928. The predicted octanol–water partition coefficient (Wildman–Crippen LogP) is 1.75. The van der Waals surface area contributed by atoms with Gasteiger partial charge >= 0.3 is 0 Å². The molecule has 1 aliphatic rings. The van der Waals surface area contributed by atoms with Crippen molar-refractivity contribution in [1.29, 1.82) is 0 Å². The molecule has 108 valence electrons. The molecule has 0 aliphatic carbocycles. The van der Waals surface area contributed by atoms with Crippen LogP contribution in [0.2, 0.25) is 0 Å². The molecule has 0 spiro atoms. The summed E-state index contributed by atoms with van der Waals surface area (Å²) < 4.78 is 5.43. The molecule has 0 fully saturated rings. The molecule has 6 heteroatoms. The van der Waals surface area contributed by atoms with Crippen molar-refractivity contribution in [1.82, 2.24) is 9.97 Å². The van der Waals surface area contributed by atoms with Gasteiger partial charge in [-0.15, -0.1) is 0 Å². The number of aromatic nitrogens is 2. The summed E-state index contributed by atoms with van der Waals surface area (Å²) in [6.45, 7) is 2.28. The molecule has 1 amide bonds. The Kier molecular flexibility index (Phi) is 3.43. The van der Waals surface area contributed by atoms with E-state index in [2.05, 4.69) is 15.3 Å². The lowest BCUT2D eigenvalue weighted by Gasteiger charge is -2.28. The van der Waals surface area contributed by atoms with Crippen molar-refractivity contribution < 1.29 is 9.53 Å². The maximum absolute atomic E-state index is 12.1. The summed E-state index contributed by atoms with van der Waals surface area (Å²) in [4.78, 5) is 22.6. The number of rotatable bonds is 3. The summed E-state index contributed by atoms with van der Waals surface area (Å²) in [7, 11) is 1.81. The van der Waals surface area contributed by atoms with E-state index >= 15 is 0 Å². The molecule has 0 unspecified atom stereocenters. The minimum absolute atomic E-state index is 0.0434. The summed E-state index contributed by atoms with van der Waals surface area (Å²) in [6, 6.07) is 9.34. The molecule has 1 aromatic carbocycles. The highest BCUT2D eigenvalue weighted by Crippen LogP contribution is 2.32. The second kappa shape index (κ2) is 5.40. The van der Waals surface area contributed by atoms with Gasteiger partial charge in [0.2, 0.25) is 0 Å². The number of hydrogen-bond donors (Lipinski definition) is 1. The second-order valence-corrected chi connectivity index (χ2v) is 4.80. The Labute approximate surface area is 122 Å². The van der Waals surface area contributed by atoms with Gasteiger partial charge in [-0.25, -0.2) is 9.97 Å². The van der Waals surface area contributed by atoms with Crippen LogP contribution in [0.4, 0.5) is 11.5 Å². The number of hydrogen-bond acceptors (Lipinski definition) is 5. The summed E-state index contributed by atoms with van der Waals surface area (Å²) in [5, 5.41) is 3.00. The average Bonchev–Trinajstić information content (AvgIpc) is 2.49. The molecule has 3 rings (SSSR count). The summed E-state index contributed by atoms with van der Waals surface area (Å²) in [6.07, 6.45) is 0. The first kappa shape index (κ1) is 13.4. The van der Waals surface area contributed by atoms with Gasteiger partial charge in [-0.1, -0.05) is 12.1 Å². The summed E-state index contributed by atoms with van der Waals surface area (Å²) >= 11 is 0. The molecule has 1 aliphatic heterocycles. The third-order valence-corrected chi connectivity index (χ3v) is 3.26. The molecule has 2 heterocycles. The molecule has 2 aromatic rings. The zero-order valence-electron chi connectivity index (χ0n) is 12.0. The zero-order valence-corrected chi connectivity index (χ0v) is 12.0. The van der Waals surface area contributed by atoms with E-state index in [1.165, 1.54) is 0 Å². The van der Waals surface area contributed by atoms with E-state index < -0.39 is 0 Å². The number of carbonyl (C=O) groups is 1. The van der Waals surface area contributed by atoms with Crippen LogP contribution in [-0.2, 0) is 11.3 Å². The van der Waals surface area contributed by atoms with E-state index in [1.807, 2.05) is 37.3 Å². The third-order valence-electron chi connectivity index (χ3n) is 3.26. The maximum Gasteiger partial charge on any atom is 0.265 e. The van der Waals surface area contributed by atoms with Gasteiger partial charge in [0.15, 0.2) is 12.4 Å². The molecule has 0 radical (unpaired) electrons. The van der Waals surface area contributed by atoms with Crippen LogP contribution in [-0.4, -0.2) is 29.5 Å². The standard InChI is InChI=1S/C15H16N4O2/c1-10-7-13(16-2)18-14(17-10)8-19-11-5-3-4-6-12(11)21-9-15(19)20/h3-7H,8-9H2,1-2H3,(H,16,17,18). The van der Waals surface area contributed by atoms with Crippen molar-refractivity contribution in [2.45, 2.75) is 13.5 Å². The van der Waals surface area contributed by atoms with Crippen molar-refractivity contribution in [3.63, 3.8) is 0 Å². The van der Waals surface area contributed by atoms with Gasteiger partial charge in [0, 0.05) is 18.8 Å². The van der Waals surface area contributed by atoms with Crippen LogP contribution < -0.4 is 15.0 Å². The van der Waals surface area contributed by atoms with Crippen LogP contribution in [0.15, 0.2) is 30.3 Å². The fraction of sp³-hybridized carbons (Fsp3) is 0.267. The van der Waals surface area contributed by atoms with E-state index in [-0.39, 0.29) is 12.5 Å². The molecule has 6 nitrogen and oxygen atoms in total. The first-order chi connectivity index (χ1) is 10.2. The first-order valence-corrected chi connectivity index (χ1v) is 6.72. The molecule has 0 saturated heterocycles. The Bertz CT molecular complexity index is 687. The van der Waals surface area contributed by atoms with Crippen LogP contribution in [0.1, 0.15) is 11.5 Å². The number of nitrogens with zero attached hydrogens (tertiary/aromatic N) is 3. The van der Waals surface area contributed by atoms with Crippen LogP contribution in [0, 0.1) is 6.92 Å². The molecule has 1 aromatic heterocycles. The van der Waals surface area contributed by atoms with Crippen molar-refractivity contribution >= 4 is 17.4 Å². The number of benzene rings is 1. The fourth-order valence-corrected chi connectivity index (χ4v) is 2.30. The smallest absolute Gasteiger partial charge is 0.265 e. The number of nitrogens with one attached hydrogen (secondary N) is 1. The quantitative estimate of drug-likeness (QED) is 0.930. The number of ether oxygens (including phenoxy) is 1. The molecule has 21 heavy (non-hydrogen) atoms. The molecule has 0 saturated carbocycles. The van der Waals surface area contributed by atoms with Gasteiger partial charge in [0.05, 0.1) is 12.2 Å². The Morgan fingerprint density at radius 3 is 2.95 bits per heavy atom. The van der Waals surface area contributed by atoms with E-state index in [1.54, 1.807) is 11.9 Å². The average molecular weight is 284 g/mol. The predicted molar refractivity (Wildman–Crippen MR) is 79.4 cm³/mol. The SMILES string of the molecule is CNc1cc(C)nc(CN2C(=O)COc3ccccc32)n1. The van der Waals surface area contributed by atoms with Crippen LogP contribution >= 0.6 is 0 Å². The second-order valence-electron chi connectivity index (χ2n) is 4.80. The van der Waals surface area contributed by atoms with Gasteiger partial charge in [0.25, 0.3) is 5.91 Å². The van der Waals surface area contributed by atoms with Crippen molar-refractivity contribution in [2.24, 2.45) is 0 Å². The van der Waals surface area contributed by atoms with Gasteiger partial charge in [0.1, 0.15) is 11.6 Å². The number of carbonyl (C=O) groups excluding carboxylic acids is 1. The summed E-state index contributed by atoms with van der Waals surface area (Å²) in [5.41, 5.74) is 1.61. The molecule has 0 atom stereocenters. The topological polar surface area (TPSA) is 67.4 Å². The number of fused-ring (bicyclic) bond motifs is 1. The molecule has 1 N–H and O–H groups in total. The zero-order chi connectivity index (χ0) is 14.8. The Balaban J connectivity index is 1.94. The van der Waals surface area contributed by atoms with Gasteiger partial charge < -0.3 is 10.1 Å². The largest absolute Gasteiger partial charge is 0.482 e. The van der Waals surface area contributed by atoms with Crippen LogP contribution in [0.5, 0.6) is 5.75 Å². The van der Waals surface area contributed by atoms with E-state index in [0.29, 0.717) is 18.1 Å². The van der Waals surface area contributed by atoms with Crippen molar-refractivity contribution in [2.75, 3.05) is 23.9 Å².